The van der Waals surface area contributed by atoms with Crippen LogP contribution in [0.2, 0.25) is 0 Å². The summed E-state index contributed by atoms with van der Waals surface area (Å²) in [5, 5.41) is 3.69. The smallest absolute Gasteiger partial charge is 0.337 e. The number of urea groups is 2. The fourth-order valence-corrected chi connectivity index (χ4v) is 6.57. The molecule has 2 saturated heterocycles. The number of alkyl halides is 1. The van der Waals surface area contributed by atoms with Crippen molar-refractivity contribution < 1.29 is 38.1 Å². The molecule has 0 unspecified atom stereocenters. The molecular weight excluding hydrogens is 792 g/mol. The lowest BCUT2D eigenvalue weighted by Gasteiger charge is -2.33. The third-order valence-electron chi connectivity index (χ3n) is 9.43. The number of ether oxygens (including phenoxy) is 4. The summed E-state index contributed by atoms with van der Waals surface area (Å²) < 4.78 is 19.8. The van der Waals surface area contributed by atoms with Crippen LogP contribution in [0.3, 0.4) is 0 Å². The van der Waals surface area contributed by atoms with Gasteiger partial charge in [-0.2, -0.15) is 0 Å². The van der Waals surface area contributed by atoms with Gasteiger partial charge in [-0.05, 0) is 98.2 Å². The second kappa shape index (κ2) is 23.5. The number of benzene rings is 4. The number of anilines is 2. The van der Waals surface area contributed by atoms with Crippen molar-refractivity contribution in [3.05, 3.63) is 119 Å². The monoisotopic (exact) mass is 844 g/mol. The van der Waals surface area contributed by atoms with Gasteiger partial charge < -0.3 is 34.1 Å². The molecule has 0 saturated carbocycles. The highest BCUT2D eigenvalue weighted by molar-refractivity contribution is 9.08. The molecule has 0 atom stereocenters. The fourth-order valence-electron chi connectivity index (χ4n) is 6.20. The van der Waals surface area contributed by atoms with Gasteiger partial charge in [0.15, 0.2) is 0 Å². The molecule has 0 radical (unpaired) electrons. The highest BCUT2D eigenvalue weighted by Gasteiger charge is 2.25. The molecule has 12 nitrogen and oxygen atoms in total. The largest absolute Gasteiger partial charge is 0.497 e. The molecule has 2 heterocycles. The maximum atomic E-state index is 13.3. The molecule has 304 valence electrons. The highest BCUT2D eigenvalue weighted by Crippen LogP contribution is 2.26. The maximum Gasteiger partial charge on any atom is 0.337 e. The summed E-state index contributed by atoms with van der Waals surface area (Å²) in [7, 11) is 5.96. The van der Waals surface area contributed by atoms with Crippen LogP contribution in [-0.4, -0.2) is 88.4 Å². The molecule has 4 amide bonds. The standard InChI is InChI=1S/C22H26N2O4.C13H18N2O2.C9H9BrO2/c1-27-20-8-6-7-19(15-20)24(22(26)23-13-4-3-5-14-23)16-17-9-11-18(12-10-17)21(25)28-2;1-17-12-7-5-6-11(10-12)14-13(16)15-8-3-2-4-9-15;1-12-9(11)8-4-2-7(6-10)3-5-8/h6-12,15H,3-5,13-14,16H2,1-2H3;5-7,10H,2-4,8-9H2,1H3,(H,14,16);2-5H,6H2,1H3. The molecule has 0 aromatic heterocycles. The van der Waals surface area contributed by atoms with Crippen molar-refractivity contribution in [3.8, 4) is 11.5 Å². The molecular formula is C44H53BrN4O8. The zero-order chi connectivity index (χ0) is 41.0. The van der Waals surface area contributed by atoms with E-state index in [1.807, 2.05) is 82.6 Å². The van der Waals surface area contributed by atoms with Gasteiger partial charge in [0, 0.05) is 55.0 Å². The third-order valence-corrected chi connectivity index (χ3v) is 10.1. The number of nitrogens with one attached hydrogen (secondary N) is 1. The predicted octanol–water partition coefficient (Wildman–Crippen LogP) is 9.18. The topological polar surface area (TPSA) is 127 Å². The average Bonchev–Trinajstić information content (AvgIpc) is 3.28. The lowest BCUT2D eigenvalue weighted by Crippen LogP contribution is -2.45. The Bertz CT molecular complexity index is 1880. The van der Waals surface area contributed by atoms with Crippen LogP contribution in [0.15, 0.2) is 97.1 Å². The average molecular weight is 846 g/mol. The summed E-state index contributed by atoms with van der Waals surface area (Å²) in [6.07, 6.45) is 6.66. The zero-order valence-corrected chi connectivity index (χ0v) is 34.8. The minimum absolute atomic E-state index is 0.00926. The van der Waals surface area contributed by atoms with E-state index in [-0.39, 0.29) is 24.0 Å². The van der Waals surface area contributed by atoms with Crippen molar-refractivity contribution in [3.63, 3.8) is 0 Å². The van der Waals surface area contributed by atoms with Gasteiger partial charge in [-0.3, -0.25) is 4.90 Å². The quantitative estimate of drug-likeness (QED) is 0.131. The predicted molar refractivity (Wildman–Crippen MR) is 226 cm³/mol. The SMILES string of the molecule is COC(=O)c1ccc(CBr)cc1.COC(=O)c1ccc(CN(C(=O)N2CCCCC2)c2cccc(OC)c2)cc1.COc1cccc(NC(=O)N2CCCCC2)c1. The number of methoxy groups -OCH3 is 4. The van der Waals surface area contributed by atoms with Crippen LogP contribution in [0.4, 0.5) is 21.0 Å². The number of esters is 2. The molecule has 57 heavy (non-hydrogen) atoms. The molecule has 4 aromatic rings. The van der Waals surface area contributed by atoms with Crippen molar-refractivity contribution in [1.82, 2.24) is 9.80 Å². The zero-order valence-electron chi connectivity index (χ0n) is 33.2. The first-order valence-electron chi connectivity index (χ1n) is 19.0. The van der Waals surface area contributed by atoms with E-state index < -0.39 is 0 Å². The van der Waals surface area contributed by atoms with Crippen LogP contribution < -0.4 is 19.7 Å². The van der Waals surface area contributed by atoms with E-state index >= 15 is 0 Å². The number of hydrogen-bond acceptors (Lipinski definition) is 8. The first-order chi connectivity index (χ1) is 27.7. The van der Waals surface area contributed by atoms with Crippen LogP contribution in [-0.2, 0) is 21.3 Å². The first kappa shape index (κ1) is 44.2. The fraction of sp³-hybridized carbons (Fsp3) is 0.364. The number of amides is 4. The molecule has 2 aliphatic rings. The van der Waals surface area contributed by atoms with E-state index in [4.69, 9.17) is 14.2 Å². The van der Waals surface area contributed by atoms with Gasteiger partial charge >= 0.3 is 24.0 Å². The van der Waals surface area contributed by atoms with Gasteiger partial charge in [-0.25, -0.2) is 19.2 Å². The van der Waals surface area contributed by atoms with Crippen LogP contribution in [0, 0.1) is 0 Å². The molecule has 6 rings (SSSR count). The lowest BCUT2D eigenvalue weighted by molar-refractivity contribution is 0.0592. The van der Waals surface area contributed by atoms with E-state index in [0.717, 1.165) is 91.9 Å². The number of hydrogen-bond donors (Lipinski definition) is 1. The second-order valence-electron chi connectivity index (χ2n) is 13.3. The van der Waals surface area contributed by atoms with Gasteiger partial charge in [0.25, 0.3) is 0 Å². The summed E-state index contributed by atoms with van der Waals surface area (Å²) in [6, 6.07) is 29.3. The van der Waals surface area contributed by atoms with Crippen molar-refractivity contribution in [2.24, 2.45) is 0 Å². The Hall–Kier alpha value is -5.56. The summed E-state index contributed by atoms with van der Waals surface area (Å²) in [4.78, 5) is 53.4. The minimum atomic E-state index is -0.374. The Labute approximate surface area is 344 Å². The molecule has 4 aromatic carbocycles. The Morgan fingerprint density at radius 2 is 1.11 bits per heavy atom. The van der Waals surface area contributed by atoms with E-state index in [2.05, 4.69) is 26.0 Å². The van der Waals surface area contributed by atoms with Crippen molar-refractivity contribution >= 4 is 51.3 Å². The molecule has 0 spiro atoms. The Morgan fingerprint density at radius 1 is 0.614 bits per heavy atom. The van der Waals surface area contributed by atoms with Crippen LogP contribution in [0.25, 0.3) is 0 Å². The van der Waals surface area contributed by atoms with E-state index in [9.17, 15) is 19.2 Å². The summed E-state index contributed by atoms with van der Waals surface area (Å²) in [5.74, 6) is 0.785. The minimum Gasteiger partial charge on any atom is -0.497 e. The summed E-state index contributed by atoms with van der Waals surface area (Å²) in [6.45, 7) is 3.68. The Balaban J connectivity index is 0.000000210. The lowest BCUT2D eigenvalue weighted by atomic mass is 10.1. The Kier molecular flexibility index (Phi) is 18.2. The first-order valence-corrected chi connectivity index (χ1v) is 20.1. The number of rotatable bonds is 9. The number of carbonyl (C=O) groups is 4. The van der Waals surface area contributed by atoms with E-state index in [1.54, 1.807) is 43.4 Å². The van der Waals surface area contributed by atoms with Crippen molar-refractivity contribution in [2.75, 3.05) is 64.8 Å². The van der Waals surface area contributed by atoms with Gasteiger partial charge in [0.2, 0.25) is 0 Å². The third kappa shape index (κ3) is 13.9. The van der Waals surface area contributed by atoms with Crippen LogP contribution >= 0.6 is 15.9 Å². The number of piperidine rings is 2. The van der Waals surface area contributed by atoms with Crippen LogP contribution in [0.5, 0.6) is 11.5 Å². The van der Waals surface area contributed by atoms with Gasteiger partial charge in [0.05, 0.1) is 46.1 Å². The van der Waals surface area contributed by atoms with Crippen molar-refractivity contribution in [1.29, 1.82) is 0 Å². The van der Waals surface area contributed by atoms with Gasteiger partial charge in [0.1, 0.15) is 11.5 Å². The van der Waals surface area contributed by atoms with E-state index in [1.165, 1.54) is 20.6 Å². The molecule has 0 aliphatic carbocycles. The number of likely N-dealkylation sites (tertiary alicyclic amines) is 2. The van der Waals surface area contributed by atoms with Gasteiger partial charge in [-0.15, -0.1) is 0 Å². The highest BCUT2D eigenvalue weighted by atomic mass is 79.9. The van der Waals surface area contributed by atoms with Crippen LogP contribution in [0.1, 0.15) is 70.4 Å². The van der Waals surface area contributed by atoms with Gasteiger partial charge in [-0.1, -0.05) is 52.3 Å². The maximum absolute atomic E-state index is 13.3. The second-order valence-corrected chi connectivity index (χ2v) is 13.9. The number of carbonyl (C=O) groups excluding carboxylic acids is 4. The molecule has 1 N–H and O–H groups in total. The van der Waals surface area contributed by atoms with E-state index in [0.29, 0.717) is 23.4 Å². The normalized spacial score (nSPS) is 13.4. The Morgan fingerprint density at radius 3 is 1.61 bits per heavy atom. The summed E-state index contributed by atoms with van der Waals surface area (Å²) >= 11 is 3.32. The molecule has 0 bridgehead atoms. The summed E-state index contributed by atoms with van der Waals surface area (Å²) in [5.41, 5.74) is 4.71. The molecule has 2 fully saturated rings. The van der Waals surface area contributed by atoms with Crippen molar-refractivity contribution in [2.45, 2.75) is 50.4 Å². The molecule has 13 heteroatoms. The number of nitrogens with zero attached hydrogens (tertiary/aromatic N) is 3. The number of halogens is 1. The molecule has 2 aliphatic heterocycles.